The quantitative estimate of drug-likeness (QED) is 0.0166. The zero-order valence-electron chi connectivity index (χ0n) is 39.7. The third-order valence-electron chi connectivity index (χ3n) is 10.2. The first-order valence-corrected chi connectivity index (χ1v) is 27.2. The topological polar surface area (TPSA) is 216 Å². The monoisotopic (exact) mass is 951 g/mol. The van der Waals surface area contributed by atoms with Gasteiger partial charge in [0.25, 0.3) is 0 Å². The minimum atomic E-state index is -4.87. The smallest absolute Gasteiger partial charge is 0.462 e. The maximum atomic E-state index is 12.7. The number of hydrogen-bond acceptors (Lipinski definition) is 11. The van der Waals surface area contributed by atoms with Gasteiger partial charge in [-0.25, -0.2) is 9.13 Å². The second-order valence-corrected chi connectivity index (χ2v) is 19.8. The summed E-state index contributed by atoms with van der Waals surface area (Å²) >= 11 is 0. The van der Waals surface area contributed by atoms with Gasteiger partial charge in [0, 0.05) is 12.8 Å². The lowest BCUT2D eigenvalue weighted by molar-refractivity contribution is -0.161. The summed E-state index contributed by atoms with van der Waals surface area (Å²) in [7, 11) is -9.70. The summed E-state index contributed by atoms with van der Waals surface area (Å²) in [6.45, 7) is 3.61. The number of unbranched alkanes of at least 4 members (excludes halogenated alkanes) is 17. The molecular formula is C48H88O14P2. The highest BCUT2D eigenvalue weighted by Crippen LogP contribution is 2.43. The Morgan fingerprint density at radius 2 is 0.906 bits per heavy atom. The Kier molecular flexibility index (Phi) is 41.1. The molecule has 64 heavy (non-hydrogen) atoms. The Balaban J connectivity index is 4.51. The van der Waals surface area contributed by atoms with Gasteiger partial charge in [0.15, 0.2) is 6.10 Å². The first kappa shape index (κ1) is 62.0. The lowest BCUT2D eigenvalue weighted by atomic mass is 10.0. The summed E-state index contributed by atoms with van der Waals surface area (Å²) in [5.74, 6) is -0.292. The van der Waals surface area contributed by atoms with E-state index in [1.54, 1.807) is 6.92 Å². The van der Waals surface area contributed by atoms with E-state index in [-0.39, 0.29) is 18.9 Å². The molecule has 1 unspecified atom stereocenters. The zero-order chi connectivity index (χ0) is 47.6. The van der Waals surface area contributed by atoms with E-state index in [1.807, 2.05) is 12.2 Å². The van der Waals surface area contributed by atoms with E-state index in [2.05, 4.69) is 54.8 Å². The largest absolute Gasteiger partial charge is 0.472 e. The van der Waals surface area contributed by atoms with Crippen molar-refractivity contribution in [3.63, 3.8) is 0 Å². The number of phosphoric acid groups is 2. The number of allylic oxidation sites excluding steroid dienone is 8. The molecule has 0 saturated heterocycles. The van der Waals surface area contributed by atoms with Crippen molar-refractivity contribution < 1.29 is 66.7 Å². The first-order valence-electron chi connectivity index (χ1n) is 24.2. The van der Waals surface area contributed by atoms with Gasteiger partial charge in [0.2, 0.25) is 0 Å². The fourth-order valence-electron chi connectivity index (χ4n) is 6.49. The molecule has 0 spiro atoms. The predicted octanol–water partition coefficient (Wildman–Crippen LogP) is 11.8. The maximum Gasteiger partial charge on any atom is 0.472 e. The first-order chi connectivity index (χ1) is 30.6. The average molecular weight is 951 g/mol. The SMILES string of the molecule is CC(C)CCCCCCCCCCCCCCCCCCC(=O)O[C@H](COC(=O)CCC/C=C\C/C=C\C/C=C\C/C=C\CCC[C@@H](C)O)COP(=O)(O)OC[C@@H](O)COP(=O)(O)O. The molecule has 0 fully saturated rings. The minimum absolute atomic E-state index is 0.108. The van der Waals surface area contributed by atoms with Gasteiger partial charge >= 0.3 is 27.6 Å². The summed E-state index contributed by atoms with van der Waals surface area (Å²) < 4.78 is 47.8. The molecule has 0 saturated carbocycles. The molecular weight excluding hydrogens is 862 g/mol. The predicted molar refractivity (Wildman–Crippen MR) is 254 cm³/mol. The Bertz CT molecular complexity index is 1340. The molecule has 14 nitrogen and oxygen atoms in total. The van der Waals surface area contributed by atoms with Crippen LogP contribution in [0, 0.1) is 5.92 Å². The molecule has 0 aromatic rings. The van der Waals surface area contributed by atoms with Crippen LogP contribution in [0.25, 0.3) is 0 Å². The maximum absolute atomic E-state index is 12.7. The van der Waals surface area contributed by atoms with Crippen molar-refractivity contribution in [2.75, 3.05) is 26.4 Å². The van der Waals surface area contributed by atoms with E-state index in [4.69, 9.17) is 28.3 Å². The summed E-state index contributed by atoms with van der Waals surface area (Å²) in [4.78, 5) is 52.8. The van der Waals surface area contributed by atoms with Crippen molar-refractivity contribution in [1.29, 1.82) is 0 Å². The van der Waals surface area contributed by atoms with Gasteiger partial charge in [-0.05, 0) is 70.6 Å². The Hall–Kier alpha value is -1.96. The molecule has 0 aromatic heterocycles. The van der Waals surface area contributed by atoms with E-state index in [0.717, 1.165) is 63.7 Å². The zero-order valence-corrected chi connectivity index (χ0v) is 41.4. The Morgan fingerprint density at radius 1 is 0.484 bits per heavy atom. The Labute approximate surface area is 386 Å². The second-order valence-electron chi connectivity index (χ2n) is 17.1. The van der Waals surface area contributed by atoms with Gasteiger partial charge in [-0.1, -0.05) is 165 Å². The molecule has 0 amide bonds. The Morgan fingerprint density at radius 3 is 1.39 bits per heavy atom. The number of phosphoric ester groups is 2. The molecule has 5 N–H and O–H groups in total. The van der Waals surface area contributed by atoms with Crippen molar-refractivity contribution in [1.82, 2.24) is 0 Å². The number of aliphatic hydroxyl groups is 2. The molecule has 0 radical (unpaired) electrons. The van der Waals surface area contributed by atoms with Crippen molar-refractivity contribution in [3.05, 3.63) is 48.6 Å². The minimum Gasteiger partial charge on any atom is -0.462 e. The lowest BCUT2D eigenvalue weighted by Crippen LogP contribution is -2.30. The fraction of sp³-hybridized carbons (Fsp3) is 0.792. The van der Waals surface area contributed by atoms with Crippen molar-refractivity contribution >= 4 is 27.6 Å². The van der Waals surface area contributed by atoms with Crippen LogP contribution in [0.1, 0.15) is 194 Å². The van der Waals surface area contributed by atoms with Gasteiger partial charge < -0.3 is 34.4 Å². The molecule has 0 heterocycles. The van der Waals surface area contributed by atoms with Crippen molar-refractivity contribution in [2.24, 2.45) is 5.92 Å². The second kappa shape index (κ2) is 42.4. The van der Waals surface area contributed by atoms with Crippen molar-refractivity contribution in [2.45, 2.75) is 212 Å². The molecule has 0 aliphatic rings. The number of esters is 2. The van der Waals surface area contributed by atoms with Gasteiger partial charge in [0.1, 0.15) is 12.7 Å². The average Bonchev–Trinajstić information content (AvgIpc) is 3.23. The van der Waals surface area contributed by atoms with E-state index in [1.165, 1.54) is 83.5 Å². The van der Waals surface area contributed by atoms with Crippen molar-refractivity contribution in [3.8, 4) is 0 Å². The van der Waals surface area contributed by atoms with Crippen LogP contribution in [0.4, 0.5) is 0 Å². The molecule has 374 valence electrons. The molecule has 0 bridgehead atoms. The van der Waals surface area contributed by atoms with Crippen LogP contribution >= 0.6 is 15.6 Å². The number of carbonyl (C=O) groups excluding carboxylic acids is 2. The highest BCUT2D eigenvalue weighted by molar-refractivity contribution is 7.47. The summed E-state index contributed by atoms with van der Waals surface area (Å²) in [5, 5.41) is 19.0. The van der Waals surface area contributed by atoms with Gasteiger partial charge in [-0.3, -0.25) is 23.2 Å². The molecule has 0 aliphatic heterocycles. The van der Waals surface area contributed by atoms with Crippen LogP contribution in [0.3, 0.4) is 0 Å². The van der Waals surface area contributed by atoms with Crippen LogP contribution in [-0.4, -0.2) is 81.6 Å². The van der Waals surface area contributed by atoms with Gasteiger partial charge in [-0.15, -0.1) is 0 Å². The van der Waals surface area contributed by atoms with Crippen LogP contribution in [0.15, 0.2) is 48.6 Å². The summed E-state index contributed by atoms with van der Waals surface area (Å²) in [5.41, 5.74) is 0. The molecule has 0 aliphatic carbocycles. The third-order valence-corrected chi connectivity index (χ3v) is 11.6. The number of hydrogen-bond donors (Lipinski definition) is 5. The van der Waals surface area contributed by atoms with Gasteiger partial charge in [-0.2, -0.15) is 0 Å². The summed E-state index contributed by atoms with van der Waals surface area (Å²) in [6.07, 6.45) is 41.0. The van der Waals surface area contributed by atoms with E-state index in [9.17, 15) is 33.8 Å². The standard InChI is InChI=1S/C48H88O14P2/c1-43(2)35-31-27-23-19-15-11-7-4-5-9-14-18-22-26-30-34-38-48(52)62-46(42-61-64(56,57)60-40-45(50)39-59-63(53,54)55)41-58-47(51)37-33-29-25-21-17-13-10-6-8-12-16-20-24-28-32-36-44(3)49/h8,10,12-13,20-21,24-25,43-46,49-50H,4-7,9,11,14-19,22-23,26-42H2,1-3H3,(H,56,57)(H2,53,54,55)/b12-8-,13-10-,24-20-,25-21-/t44-,45+,46-/m1/s1. The summed E-state index contributed by atoms with van der Waals surface area (Å²) in [6, 6.07) is 0. The van der Waals surface area contributed by atoms with E-state index < -0.39 is 66.2 Å². The molecule has 4 atom stereocenters. The highest BCUT2D eigenvalue weighted by atomic mass is 31.2. The lowest BCUT2D eigenvalue weighted by Gasteiger charge is -2.20. The normalized spacial score (nSPS) is 14.9. The van der Waals surface area contributed by atoms with E-state index in [0.29, 0.717) is 19.3 Å². The molecule has 0 rings (SSSR count). The van der Waals surface area contributed by atoms with Crippen LogP contribution in [0.5, 0.6) is 0 Å². The molecule has 0 aromatic carbocycles. The van der Waals surface area contributed by atoms with E-state index >= 15 is 0 Å². The molecule has 16 heteroatoms. The number of carbonyl (C=O) groups is 2. The number of aliphatic hydroxyl groups excluding tert-OH is 2. The third kappa shape index (κ3) is 48.0. The number of ether oxygens (including phenoxy) is 2. The van der Waals surface area contributed by atoms with Crippen LogP contribution in [-0.2, 0) is 41.8 Å². The van der Waals surface area contributed by atoms with Gasteiger partial charge in [0.05, 0.1) is 25.9 Å². The van der Waals surface area contributed by atoms with Crippen LogP contribution < -0.4 is 0 Å². The number of rotatable bonds is 45. The van der Waals surface area contributed by atoms with Crippen LogP contribution in [0.2, 0.25) is 0 Å². The highest BCUT2D eigenvalue weighted by Gasteiger charge is 2.28. The fourth-order valence-corrected chi connectivity index (χ4v) is 7.64.